The fourth-order valence-electron chi connectivity index (χ4n) is 3.54. The van der Waals surface area contributed by atoms with Crippen molar-refractivity contribution in [1.82, 2.24) is 20.4 Å². The number of nitrogens with one attached hydrogen (secondary N) is 1. The van der Waals surface area contributed by atoms with Crippen molar-refractivity contribution in [3.63, 3.8) is 0 Å². The molecule has 1 aliphatic heterocycles. The van der Waals surface area contributed by atoms with Crippen molar-refractivity contribution >= 4 is 34.6 Å². The van der Waals surface area contributed by atoms with Gasteiger partial charge in [0.15, 0.2) is 0 Å². The molecule has 0 saturated carbocycles. The number of fused-ring (bicyclic) bond motifs is 1. The molecule has 7 nitrogen and oxygen atoms in total. The highest BCUT2D eigenvalue weighted by Gasteiger charge is 2.22. The number of amides is 1. The number of carbonyl (C=O) groups is 1. The molecule has 0 bridgehead atoms. The number of anilines is 1. The van der Waals surface area contributed by atoms with Gasteiger partial charge in [0.2, 0.25) is 5.91 Å². The van der Waals surface area contributed by atoms with E-state index < -0.39 is 0 Å². The summed E-state index contributed by atoms with van der Waals surface area (Å²) in [5, 5.41) is 7.91. The summed E-state index contributed by atoms with van der Waals surface area (Å²) < 4.78 is 5.39. The number of aryl methyl sites for hydroxylation is 2. The van der Waals surface area contributed by atoms with E-state index in [2.05, 4.69) is 32.5 Å². The lowest BCUT2D eigenvalue weighted by molar-refractivity contribution is -0.121. The van der Waals surface area contributed by atoms with Gasteiger partial charge in [-0.1, -0.05) is 17.3 Å². The molecule has 1 amide bonds. The molecule has 1 aromatic carbocycles. The van der Waals surface area contributed by atoms with Gasteiger partial charge >= 0.3 is 0 Å². The van der Waals surface area contributed by atoms with Crippen LogP contribution in [0.3, 0.4) is 0 Å². The van der Waals surface area contributed by atoms with Gasteiger partial charge in [-0.05, 0) is 43.7 Å². The first-order chi connectivity index (χ1) is 14.1. The number of carbonyl (C=O) groups excluding carboxylic acids is 1. The van der Waals surface area contributed by atoms with Gasteiger partial charge in [0, 0.05) is 37.4 Å². The summed E-state index contributed by atoms with van der Waals surface area (Å²) in [5.41, 5.74) is 2.39. The zero-order chi connectivity index (χ0) is 20.2. The van der Waals surface area contributed by atoms with Gasteiger partial charge in [0.05, 0.1) is 5.69 Å². The van der Waals surface area contributed by atoms with Crippen LogP contribution in [0.1, 0.15) is 36.3 Å². The van der Waals surface area contributed by atoms with Crippen LogP contribution in [0.4, 0.5) is 5.82 Å². The Morgan fingerprint density at radius 1 is 1.21 bits per heavy atom. The van der Waals surface area contributed by atoms with Crippen LogP contribution in [-0.4, -0.2) is 40.4 Å². The summed E-state index contributed by atoms with van der Waals surface area (Å²) in [7, 11) is 0. The van der Waals surface area contributed by atoms with E-state index in [-0.39, 0.29) is 5.91 Å². The van der Waals surface area contributed by atoms with E-state index in [1.807, 2.05) is 25.3 Å². The Bertz CT molecular complexity index is 996. The van der Waals surface area contributed by atoms with Crippen molar-refractivity contribution < 1.29 is 9.32 Å². The van der Waals surface area contributed by atoms with Crippen molar-refractivity contribution in [1.29, 1.82) is 0 Å². The molecule has 3 heterocycles. The highest BCUT2D eigenvalue weighted by molar-refractivity contribution is 7.98. The zero-order valence-electron chi connectivity index (χ0n) is 16.8. The molecule has 0 aliphatic carbocycles. The normalized spacial score (nSPS) is 13.9. The number of benzene rings is 1. The van der Waals surface area contributed by atoms with E-state index in [1.54, 1.807) is 11.8 Å². The number of nitrogens with zero attached hydrogens (tertiary/aromatic N) is 4. The van der Waals surface area contributed by atoms with Gasteiger partial charge < -0.3 is 14.7 Å². The smallest absolute Gasteiger partial charge is 0.263 e. The molecule has 8 heteroatoms. The monoisotopic (exact) mass is 411 g/mol. The Balaban J connectivity index is 1.40. The van der Waals surface area contributed by atoms with Crippen LogP contribution in [0.2, 0.25) is 0 Å². The fraction of sp³-hybridized carbons (Fsp3) is 0.429. The molecule has 1 N–H and O–H groups in total. The van der Waals surface area contributed by atoms with Crippen molar-refractivity contribution in [3.8, 4) is 0 Å². The molecule has 0 spiro atoms. The lowest BCUT2D eigenvalue weighted by Crippen LogP contribution is -2.24. The van der Waals surface area contributed by atoms with E-state index in [0.29, 0.717) is 30.9 Å². The van der Waals surface area contributed by atoms with Gasteiger partial charge in [0.1, 0.15) is 17.0 Å². The van der Waals surface area contributed by atoms with E-state index in [9.17, 15) is 4.79 Å². The van der Waals surface area contributed by atoms with Crippen molar-refractivity contribution in [2.45, 2.75) is 44.0 Å². The maximum atomic E-state index is 12.3. The molecule has 1 fully saturated rings. The van der Waals surface area contributed by atoms with Crippen LogP contribution in [0.5, 0.6) is 0 Å². The zero-order valence-corrected chi connectivity index (χ0v) is 17.6. The van der Waals surface area contributed by atoms with Crippen LogP contribution in [-0.2, 0) is 17.8 Å². The Morgan fingerprint density at radius 2 is 1.97 bits per heavy atom. The SMILES string of the molecule is CSc1ccc(CNC(=O)CCc2nc(N3CCCC3)c3c(C)noc3n2)cc1. The summed E-state index contributed by atoms with van der Waals surface area (Å²) in [6.07, 6.45) is 5.16. The quantitative estimate of drug-likeness (QED) is 0.596. The van der Waals surface area contributed by atoms with E-state index in [4.69, 9.17) is 9.51 Å². The van der Waals surface area contributed by atoms with E-state index >= 15 is 0 Å². The highest BCUT2D eigenvalue weighted by atomic mass is 32.2. The van der Waals surface area contributed by atoms with Crippen LogP contribution < -0.4 is 10.2 Å². The minimum absolute atomic E-state index is 0.0147. The molecule has 1 saturated heterocycles. The Hall–Kier alpha value is -2.61. The molecule has 4 rings (SSSR count). The molecule has 0 atom stereocenters. The average Bonchev–Trinajstić information content (AvgIpc) is 3.41. The lowest BCUT2D eigenvalue weighted by Gasteiger charge is -2.17. The minimum atomic E-state index is -0.0147. The minimum Gasteiger partial charge on any atom is -0.356 e. The maximum absolute atomic E-state index is 12.3. The van der Waals surface area contributed by atoms with Gasteiger partial charge in [-0.3, -0.25) is 4.79 Å². The molecule has 3 aromatic rings. The molecular weight excluding hydrogens is 386 g/mol. The topological polar surface area (TPSA) is 84.2 Å². The number of aromatic nitrogens is 3. The largest absolute Gasteiger partial charge is 0.356 e. The van der Waals surface area contributed by atoms with Crippen molar-refractivity contribution in [3.05, 3.63) is 41.3 Å². The number of hydrogen-bond acceptors (Lipinski definition) is 7. The number of rotatable bonds is 7. The highest BCUT2D eigenvalue weighted by Crippen LogP contribution is 2.29. The predicted molar refractivity (Wildman–Crippen MR) is 114 cm³/mol. The third-order valence-corrected chi connectivity index (χ3v) is 5.91. The first-order valence-corrected chi connectivity index (χ1v) is 11.1. The second-order valence-electron chi connectivity index (χ2n) is 7.23. The van der Waals surface area contributed by atoms with Gasteiger partial charge in [0.25, 0.3) is 5.71 Å². The van der Waals surface area contributed by atoms with Gasteiger partial charge in [-0.25, -0.2) is 4.98 Å². The average molecular weight is 412 g/mol. The predicted octanol–water partition coefficient (Wildman–Crippen LogP) is 3.50. The fourth-order valence-corrected chi connectivity index (χ4v) is 3.95. The summed E-state index contributed by atoms with van der Waals surface area (Å²) in [5.74, 6) is 1.49. The van der Waals surface area contributed by atoms with Gasteiger partial charge in [-0.15, -0.1) is 11.8 Å². The lowest BCUT2D eigenvalue weighted by atomic mass is 10.2. The Kier molecular flexibility index (Phi) is 5.99. The molecule has 0 unspecified atom stereocenters. The standard InChI is InChI=1S/C21H25N5O2S/c1-14-19-20(26-11-3-4-12-26)23-17(24-21(19)28-25-14)9-10-18(27)22-13-15-5-7-16(29-2)8-6-15/h5-8H,3-4,9-13H2,1-2H3,(H,22,27). The molecule has 0 radical (unpaired) electrons. The second-order valence-corrected chi connectivity index (χ2v) is 8.11. The van der Waals surface area contributed by atoms with Crippen LogP contribution in [0.25, 0.3) is 11.1 Å². The molecule has 2 aromatic heterocycles. The second kappa shape index (κ2) is 8.82. The van der Waals surface area contributed by atoms with Gasteiger partial charge in [-0.2, -0.15) is 4.98 Å². The Morgan fingerprint density at radius 3 is 2.69 bits per heavy atom. The van der Waals surface area contributed by atoms with Crippen LogP contribution in [0, 0.1) is 6.92 Å². The van der Waals surface area contributed by atoms with E-state index in [1.165, 1.54) is 4.90 Å². The maximum Gasteiger partial charge on any atom is 0.263 e. The number of thioether (sulfide) groups is 1. The third-order valence-electron chi connectivity index (χ3n) is 5.16. The summed E-state index contributed by atoms with van der Waals surface area (Å²) >= 11 is 1.70. The first-order valence-electron chi connectivity index (χ1n) is 9.91. The third kappa shape index (κ3) is 4.53. The number of hydrogen-bond donors (Lipinski definition) is 1. The molecular formula is C21H25N5O2S. The van der Waals surface area contributed by atoms with Crippen molar-refractivity contribution in [2.24, 2.45) is 0 Å². The van der Waals surface area contributed by atoms with E-state index in [0.717, 1.165) is 48.4 Å². The van der Waals surface area contributed by atoms with Crippen LogP contribution in [0.15, 0.2) is 33.7 Å². The van der Waals surface area contributed by atoms with Crippen LogP contribution >= 0.6 is 11.8 Å². The first kappa shape index (κ1) is 19.7. The molecule has 29 heavy (non-hydrogen) atoms. The Labute approximate surface area is 174 Å². The summed E-state index contributed by atoms with van der Waals surface area (Å²) in [6, 6.07) is 8.21. The molecule has 152 valence electrons. The summed E-state index contributed by atoms with van der Waals surface area (Å²) in [6.45, 7) is 4.39. The molecule has 1 aliphatic rings. The van der Waals surface area contributed by atoms with Crippen molar-refractivity contribution in [2.75, 3.05) is 24.2 Å². The summed E-state index contributed by atoms with van der Waals surface area (Å²) in [4.78, 5) is 25.0.